The summed E-state index contributed by atoms with van der Waals surface area (Å²) in [6.45, 7) is 1.64. The third-order valence-electron chi connectivity index (χ3n) is 4.90. The van der Waals surface area contributed by atoms with Gasteiger partial charge in [0.05, 0.1) is 17.4 Å². The van der Waals surface area contributed by atoms with Gasteiger partial charge in [0, 0.05) is 29.4 Å². The summed E-state index contributed by atoms with van der Waals surface area (Å²) in [6.07, 6.45) is 4.19. The van der Waals surface area contributed by atoms with E-state index >= 15 is 0 Å². The van der Waals surface area contributed by atoms with E-state index < -0.39 is 11.0 Å². The van der Waals surface area contributed by atoms with Crippen LogP contribution in [0.2, 0.25) is 0 Å². The minimum absolute atomic E-state index is 0.00325. The second kappa shape index (κ2) is 7.18. The van der Waals surface area contributed by atoms with Gasteiger partial charge in [0.25, 0.3) is 5.69 Å². The summed E-state index contributed by atoms with van der Waals surface area (Å²) in [5, 5.41) is 19.9. The van der Waals surface area contributed by atoms with Gasteiger partial charge in [0.15, 0.2) is 0 Å². The van der Waals surface area contributed by atoms with Crippen molar-refractivity contribution in [3.63, 3.8) is 0 Å². The number of anilines is 1. The smallest absolute Gasteiger partial charge is 0.274 e. The minimum Gasteiger partial charge on any atom is -0.350 e. The maximum absolute atomic E-state index is 12.3. The van der Waals surface area contributed by atoms with Crippen LogP contribution >= 0.6 is 0 Å². The van der Waals surface area contributed by atoms with Crippen molar-refractivity contribution in [1.82, 2.24) is 10.6 Å². The summed E-state index contributed by atoms with van der Waals surface area (Å²) in [7, 11) is 0. The molecule has 8 nitrogen and oxygen atoms in total. The van der Waals surface area contributed by atoms with Crippen molar-refractivity contribution in [2.45, 2.75) is 57.2 Å². The predicted molar refractivity (Wildman–Crippen MR) is 92.2 cm³/mol. The zero-order valence-electron chi connectivity index (χ0n) is 14.1. The lowest BCUT2D eigenvalue weighted by Crippen LogP contribution is -2.65. The average molecular weight is 346 g/mol. The van der Waals surface area contributed by atoms with Crippen LogP contribution in [0.1, 0.15) is 37.7 Å². The highest BCUT2D eigenvalue weighted by Gasteiger charge is 2.36. The molecule has 3 unspecified atom stereocenters. The fourth-order valence-electron chi connectivity index (χ4n) is 3.55. The number of carbonyl (C=O) groups is 2. The van der Waals surface area contributed by atoms with Gasteiger partial charge < -0.3 is 16.0 Å². The molecule has 0 spiro atoms. The van der Waals surface area contributed by atoms with E-state index in [0.717, 1.165) is 25.7 Å². The molecule has 1 aromatic carbocycles. The number of amides is 2. The van der Waals surface area contributed by atoms with Crippen LogP contribution in [-0.2, 0) is 9.59 Å². The van der Waals surface area contributed by atoms with Gasteiger partial charge in [-0.3, -0.25) is 19.7 Å². The number of piperazine rings is 1. The molecule has 1 aliphatic carbocycles. The highest BCUT2D eigenvalue weighted by molar-refractivity contribution is 5.96. The van der Waals surface area contributed by atoms with Crippen molar-refractivity contribution < 1.29 is 14.5 Å². The Labute approximate surface area is 145 Å². The van der Waals surface area contributed by atoms with Gasteiger partial charge >= 0.3 is 0 Å². The quantitative estimate of drug-likeness (QED) is 0.566. The number of fused-ring (bicyclic) bond motifs is 1. The zero-order valence-corrected chi connectivity index (χ0v) is 14.1. The number of nitro groups is 1. The van der Waals surface area contributed by atoms with Crippen molar-refractivity contribution in [3.05, 3.63) is 33.9 Å². The standard InChI is InChI=1S/C17H22N4O4/c1-10-6-7-11(8-15(10)21(24)25)18-16(22)9-14-17(23)20-13-5-3-2-4-12(13)19-14/h6-8,12-14,19H,2-5,9H2,1H3,(H,18,22)(H,20,23). The van der Waals surface area contributed by atoms with E-state index in [9.17, 15) is 19.7 Å². The first-order valence-electron chi connectivity index (χ1n) is 8.55. The Morgan fingerprint density at radius 2 is 2.04 bits per heavy atom. The van der Waals surface area contributed by atoms with Crippen LogP contribution < -0.4 is 16.0 Å². The van der Waals surface area contributed by atoms with Crippen molar-refractivity contribution in [2.24, 2.45) is 0 Å². The Hall–Kier alpha value is -2.48. The van der Waals surface area contributed by atoms with E-state index in [4.69, 9.17) is 0 Å². The normalized spacial score (nSPS) is 25.6. The van der Waals surface area contributed by atoms with Crippen LogP contribution in [-0.4, -0.2) is 34.9 Å². The van der Waals surface area contributed by atoms with Crippen LogP contribution in [0.25, 0.3) is 0 Å². The molecule has 1 saturated carbocycles. The highest BCUT2D eigenvalue weighted by atomic mass is 16.6. The number of hydrogen-bond donors (Lipinski definition) is 3. The summed E-state index contributed by atoms with van der Waals surface area (Å²) in [4.78, 5) is 34.9. The molecule has 8 heteroatoms. The highest BCUT2D eigenvalue weighted by Crippen LogP contribution is 2.24. The van der Waals surface area contributed by atoms with E-state index in [1.165, 1.54) is 6.07 Å². The molecule has 0 aromatic heterocycles. The zero-order chi connectivity index (χ0) is 18.0. The third-order valence-corrected chi connectivity index (χ3v) is 4.90. The minimum atomic E-state index is -0.570. The molecule has 25 heavy (non-hydrogen) atoms. The van der Waals surface area contributed by atoms with Gasteiger partial charge in [-0.15, -0.1) is 0 Å². The van der Waals surface area contributed by atoms with Gasteiger partial charge in [-0.25, -0.2) is 0 Å². The van der Waals surface area contributed by atoms with Crippen molar-refractivity contribution in [2.75, 3.05) is 5.32 Å². The lowest BCUT2D eigenvalue weighted by atomic mass is 9.87. The lowest BCUT2D eigenvalue weighted by molar-refractivity contribution is -0.385. The Morgan fingerprint density at radius 1 is 1.32 bits per heavy atom. The predicted octanol–water partition coefficient (Wildman–Crippen LogP) is 1.63. The van der Waals surface area contributed by atoms with Gasteiger partial charge in [-0.1, -0.05) is 18.9 Å². The molecule has 3 atom stereocenters. The van der Waals surface area contributed by atoms with Crippen molar-refractivity contribution in [3.8, 4) is 0 Å². The van der Waals surface area contributed by atoms with Gasteiger partial charge in [-0.05, 0) is 25.8 Å². The van der Waals surface area contributed by atoms with Crippen LogP contribution in [0.4, 0.5) is 11.4 Å². The number of nitrogens with one attached hydrogen (secondary N) is 3. The first-order chi connectivity index (χ1) is 11.9. The molecule has 2 amide bonds. The Bertz CT molecular complexity index is 706. The summed E-state index contributed by atoms with van der Waals surface area (Å²) in [5.41, 5.74) is 0.838. The van der Waals surface area contributed by atoms with Gasteiger partial charge in [0.1, 0.15) is 0 Å². The number of carbonyl (C=O) groups excluding carboxylic acids is 2. The molecule has 1 aliphatic heterocycles. The summed E-state index contributed by atoms with van der Waals surface area (Å²) in [5.74, 6) is -0.506. The monoisotopic (exact) mass is 346 g/mol. The van der Waals surface area contributed by atoms with Gasteiger partial charge in [0.2, 0.25) is 11.8 Å². The third kappa shape index (κ3) is 3.96. The van der Waals surface area contributed by atoms with Crippen LogP contribution in [0.15, 0.2) is 18.2 Å². The van der Waals surface area contributed by atoms with E-state index in [1.807, 2.05) is 0 Å². The molecule has 1 heterocycles. The Balaban J connectivity index is 1.61. The molecule has 1 saturated heterocycles. The van der Waals surface area contributed by atoms with Crippen molar-refractivity contribution >= 4 is 23.2 Å². The molecule has 3 rings (SSSR count). The Kier molecular flexibility index (Phi) is 4.98. The topological polar surface area (TPSA) is 113 Å². The molecule has 2 aliphatic rings. The maximum atomic E-state index is 12.3. The second-order valence-electron chi connectivity index (χ2n) is 6.74. The largest absolute Gasteiger partial charge is 0.350 e. The molecule has 1 aromatic rings. The number of hydrogen-bond acceptors (Lipinski definition) is 5. The van der Waals surface area contributed by atoms with E-state index in [1.54, 1.807) is 19.1 Å². The molecule has 0 radical (unpaired) electrons. The van der Waals surface area contributed by atoms with E-state index in [-0.39, 0.29) is 36.0 Å². The van der Waals surface area contributed by atoms with Crippen LogP contribution in [0, 0.1) is 17.0 Å². The maximum Gasteiger partial charge on any atom is 0.274 e. The first kappa shape index (κ1) is 17.3. The van der Waals surface area contributed by atoms with Gasteiger partial charge in [-0.2, -0.15) is 0 Å². The average Bonchev–Trinajstić information content (AvgIpc) is 2.57. The number of benzene rings is 1. The summed E-state index contributed by atoms with van der Waals surface area (Å²) < 4.78 is 0. The number of rotatable bonds is 4. The van der Waals surface area contributed by atoms with Crippen molar-refractivity contribution in [1.29, 1.82) is 0 Å². The summed E-state index contributed by atoms with van der Waals surface area (Å²) >= 11 is 0. The lowest BCUT2D eigenvalue weighted by Gasteiger charge is -2.40. The fraction of sp³-hybridized carbons (Fsp3) is 0.529. The molecule has 2 fully saturated rings. The summed E-state index contributed by atoms with van der Waals surface area (Å²) in [6, 6.07) is 4.33. The fourth-order valence-corrected chi connectivity index (χ4v) is 3.55. The van der Waals surface area contributed by atoms with E-state index in [0.29, 0.717) is 11.3 Å². The molecular formula is C17H22N4O4. The number of nitro benzene ring substituents is 1. The van der Waals surface area contributed by atoms with Crippen LogP contribution in [0.3, 0.4) is 0 Å². The first-order valence-corrected chi connectivity index (χ1v) is 8.55. The molecule has 134 valence electrons. The number of aryl methyl sites for hydroxylation is 1. The second-order valence-corrected chi connectivity index (χ2v) is 6.74. The number of nitrogens with zero attached hydrogens (tertiary/aromatic N) is 1. The molecule has 0 bridgehead atoms. The van der Waals surface area contributed by atoms with Crippen LogP contribution in [0.5, 0.6) is 0 Å². The molecule has 3 N–H and O–H groups in total. The van der Waals surface area contributed by atoms with E-state index in [2.05, 4.69) is 16.0 Å². The molecular weight excluding hydrogens is 324 g/mol. The SMILES string of the molecule is Cc1ccc(NC(=O)CC2NC3CCCCC3NC2=O)cc1[N+](=O)[O-]. The Morgan fingerprint density at radius 3 is 2.76 bits per heavy atom.